The number of benzene rings is 1. The number of hydrogen-bond donors (Lipinski definition) is 1. The predicted octanol–water partition coefficient (Wildman–Crippen LogP) is 3.51. The minimum absolute atomic E-state index is 0.190. The van der Waals surface area contributed by atoms with Crippen LogP contribution in [0.4, 0.5) is 18.9 Å². The van der Waals surface area contributed by atoms with E-state index in [1.54, 1.807) is 12.1 Å². The van der Waals surface area contributed by atoms with Crippen molar-refractivity contribution in [2.45, 2.75) is 32.4 Å². The second-order valence-electron chi connectivity index (χ2n) is 4.91. The molecule has 1 aromatic carbocycles. The Bertz CT molecular complexity index is 394. The van der Waals surface area contributed by atoms with Crippen molar-refractivity contribution in [3.05, 3.63) is 23.8 Å². The summed E-state index contributed by atoms with van der Waals surface area (Å²) in [7, 11) is 0. The molecular formula is C12H16F3NO. The molecule has 0 heterocycles. The molecule has 0 bridgehead atoms. The summed E-state index contributed by atoms with van der Waals surface area (Å²) in [5.74, 6) is 0.190. The molecule has 0 aliphatic rings. The molecular weight excluding hydrogens is 231 g/mol. The highest BCUT2D eigenvalue weighted by molar-refractivity contribution is 5.50. The van der Waals surface area contributed by atoms with Crippen molar-refractivity contribution in [2.24, 2.45) is 0 Å². The van der Waals surface area contributed by atoms with Gasteiger partial charge >= 0.3 is 6.18 Å². The van der Waals surface area contributed by atoms with Crippen molar-refractivity contribution in [3.63, 3.8) is 0 Å². The number of ether oxygens (including phenoxy) is 1. The third-order valence-corrected chi connectivity index (χ3v) is 2.21. The summed E-state index contributed by atoms with van der Waals surface area (Å²) in [6.45, 7) is 4.40. The Morgan fingerprint density at radius 2 is 1.76 bits per heavy atom. The predicted molar refractivity (Wildman–Crippen MR) is 61.1 cm³/mol. The first-order valence-electron chi connectivity index (χ1n) is 5.19. The molecule has 17 heavy (non-hydrogen) atoms. The van der Waals surface area contributed by atoms with Crippen LogP contribution in [0.25, 0.3) is 0 Å². The first-order chi connectivity index (χ1) is 7.59. The molecule has 1 aromatic rings. The summed E-state index contributed by atoms with van der Waals surface area (Å²) >= 11 is 0. The van der Waals surface area contributed by atoms with E-state index in [-0.39, 0.29) is 11.2 Å². The third-order valence-electron chi connectivity index (χ3n) is 2.21. The minimum atomic E-state index is -4.35. The Kier molecular flexibility index (Phi) is 3.59. The van der Waals surface area contributed by atoms with Crippen molar-refractivity contribution >= 4 is 5.69 Å². The van der Waals surface area contributed by atoms with Crippen LogP contribution >= 0.6 is 0 Å². The molecule has 2 nitrogen and oxygen atoms in total. The van der Waals surface area contributed by atoms with Crippen LogP contribution in [0.5, 0.6) is 5.75 Å². The van der Waals surface area contributed by atoms with Crippen LogP contribution in [0.1, 0.15) is 26.3 Å². The van der Waals surface area contributed by atoms with E-state index in [1.165, 1.54) is 6.07 Å². The fourth-order valence-corrected chi connectivity index (χ4v) is 1.44. The molecule has 0 spiro atoms. The fourth-order valence-electron chi connectivity index (χ4n) is 1.44. The van der Waals surface area contributed by atoms with Gasteiger partial charge in [0.2, 0.25) is 0 Å². The average molecular weight is 247 g/mol. The zero-order valence-corrected chi connectivity index (χ0v) is 10.1. The summed E-state index contributed by atoms with van der Waals surface area (Å²) in [6, 6.07) is 4.77. The van der Waals surface area contributed by atoms with Crippen LogP contribution in [-0.2, 0) is 5.41 Å². The number of alkyl halides is 3. The Labute approximate surface area is 98.6 Å². The summed E-state index contributed by atoms with van der Waals surface area (Å²) in [5.41, 5.74) is 6.34. The van der Waals surface area contributed by atoms with E-state index < -0.39 is 12.8 Å². The van der Waals surface area contributed by atoms with Crippen LogP contribution < -0.4 is 10.5 Å². The van der Waals surface area contributed by atoms with E-state index in [0.29, 0.717) is 11.3 Å². The second-order valence-corrected chi connectivity index (χ2v) is 4.91. The lowest BCUT2D eigenvalue weighted by Gasteiger charge is -2.23. The van der Waals surface area contributed by atoms with Gasteiger partial charge in [-0.05, 0) is 17.0 Å². The summed E-state index contributed by atoms with van der Waals surface area (Å²) < 4.78 is 41.1. The SMILES string of the molecule is CC(C)(C)c1ccc(N)cc1OCC(F)(F)F. The normalized spacial score (nSPS) is 12.6. The standard InChI is InChI=1S/C12H16F3NO/c1-11(2,3)9-5-4-8(16)6-10(9)17-7-12(13,14)15/h4-6H,7,16H2,1-3H3. The molecule has 0 unspecified atom stereocenters. The number of anilines is 1. The summed E-state index contributed by atoms with van der Waals surface area (Å²) in [5, 5.41) is 0. The van der Waals surface area contributed by atoms with Gasteiger partial charge in [0.1, 0.15) is 5.75 Å². The van der Waals surface area contributed by atoms with Crippen molar-refractivity contribution in [2.75, 3.05) is 12.3 Å². The lowest BCUT2D eigenvalue weighted by molar-refractivity contribution is -0.153. The van der Waals surface area contributed by atoms with Crippen LogP contribution in [-0.4, -0.2) is 12.8 Å². The lowest BCUT2D eigenvalue weighted by atomic mass is 9.86. The van der Waals surface area contributed by atoms with Crippen LogP contribution in [0.2, 0.25) is 0 Å². The number of halogens is 3. The van der Waals surface area contributed by atoms with Gasteiger partial charge in [0.15, 0.2) is 6.61 Å². The number of rotatable bonds is 2. The lowest BCUT2D eigenvalue weighted by Crippen LogP contribution is -2.21. The minimum Gasteiger partial charge on any atom is -0.484 e. The van der Waals surface area contributed by atoms with Gasteiger partial charge in [-0.3, -0.25) is 0 Å². The number of hydrogen-bond acceptors (Lipinski definition) is 2. The molecule has 0 saturated carbocycles. The molecule has 5 heteroatoms. The maximum atomic E-state index is 12.1. The van der Waals surface area contributed by atoms with E-state index in [9.17, 15) is 13.2 Å². The molecule has 0 aromatic heterocycles. The van der Waals surface area contributed by atoms with Crippen LogP contribution in [0, 0.1) is 0 Å². The average Bonchev–Trinajstić information content (AvgIpc) is 2.11. The third kappa shape index (κ3) is 4.17. The van der Waals surface area contributed by atoms with E-state index in [2.05, 4.69) is 0 Å². The molecule has 0 aliphatic heterocycles. The van der Waals surface area contributed by atoms with Crippen molar-refractivity contribution in [1.82, 2.24) is 0 Å². The Balaban J connectivity index is 3.00. The Hall–Kier alpha value is -1.39. The van der Waals surface area contributed by atoms with Gasteiger partial charge in [-0.2, -0.15) is 13.2 Å². The topological polar surface area (TPSA) is 35.2 Å². The van der Waals surface area contributed by atoms with E-state index >= 15 is 0 Å². The number of nitrogens with two attached hydrogens (primary N) is 1. The van der Waals surface area contributed by atoms with E-state index in [1.807, 2.05) is 20.8 Å². The van der Waals surface area contributed by atoms with Crippen molar-refractivity contribution in [1.29, 1.82) is 0 Å². The molecule has 0 atom stereocenters. The number of nitrogen functional groups attached to an aromatic ring is 1. The zero-order valence-electron chi connectivity index (χ0n) is 10.1. The van der Waals surface area contributed by atoms with Gasteiger partial charge in [-0.25, -0.2) is 0 Å². The van der Waals surface area contributed by atoms with Gasteiger partial charge in [-0.1, -0.05) is 26.8 Å². The smallest absolute Gasteiger partial charge is 0.422 e. The van der Waals surface area contributed by atoms with Gasteiger partial charge in [-0.15, -0.1) is 0 Å². The van der Waals surface area contributed by atoms with E-state index in [4.69, 9.17) is 10.5 Å². The maximum absolute atomic E-state index is 12.1. The molecule has 0 saturated heterocycles. The quantitative estimate of drug-likeness (QED) is 0.812. The van der Waals surface area contributed by atoms with Gasteiger partial charge < -0.3 is 10.5 Å². The van der Waals surface area contributed by atoms with Gasteiger partial charge in [0, 0.05) is 11.8 Å². The molecule has 1 rings (SSSR count). The van der Waals surface area contributed by atoms with Crippen molar-refractivity contribution < 1.29 is 17.9 Å². The highest BCUT2D eigenvalue weighted by Crippen LogP contribution is 2.33. The van der Waals surface area contributed by atoms with Crippen LogP contribution in [0.15, 0.2) is 18.2 Å². The highest BCUT2D eigenvalue weighted by Gasteiger charge is 2.29. The molecule has 2 N–H and O–H groups in total. The monoisotopic (exact) mass is 247 g/mol. The maximum Gasteiger partial charge on any atom is 0.422 e. The molecule has 0 radical (unpaired) electrons. The zero-order chi connectivity index (χ0) is 13.3. The highest BCUT2D eigenvalue weighted by atomic mass is 19.4. The van der Waals surface area contributed by atoms with E-state index in [0.717, 1.165) is 0 Å². The van der Waals surface area contributed by atoms with Gasteiger partial charge in [0.25, 0.3) is 0 Å². The summed E-state index contributed by atoms with van der Waals surface area (Å²) in [6.07, 6.45) is -4.35. The molecule has 0 aliphatic carbocycles. The first-order valence-corrected chi connectivity index (χ1v) is 5.19. The van der Waals surface area contributed by atoms with Gasteiger partial charge in [0.05, 0.1) is 0 Å². The largest absolute Gasteiger partial charge is 0.484 e. The second kappa shape index (κ2) is 4.47. The molecule has 0 fully saturated rings. The Morgan fingerprint density at radius 3 is 2.24 bits per heavy atom. The molecule has 96 valence electrons. The van der Waals surface area contributed by atoms with Crippen LogP contribution in [0.3, 0.4) is 0 Å². The summed E-state index contributed by atoms with van der Waals surface area (Å²) in [4.78, 5) is 0. The molecule has 0 amide bonds. The fraction of sp³-hybridized carbons (Fsp3) is 0.500. The Morgan fingerprint density at radius 1 is 1.18 bits per heavy atom. The van der Waals surface area contributed by atoms with Crippen molar-refractivity contribution in [3.8, 4) is 5.75 Å². The first kappa shape index (κ1) is 13.7.